The third-order valence-electron chi connectivity index (χ3n) is 6.09. The highest BCUT2D eigenvalue weighted by Crippen LogP contribution is 2.37. The molecule has 0 unspecified atom stereocenters. The second-order valence-electron chi connectivity index (χ2n) is 8.57. The molecule has 0 radical (unpaired) electrons. The predicted octanol–water partition coefficient (Wildman–Crippen LogP) is 6.44. The van der Waals surface area contributed by atoms with Gasteiger partial charge in [0.25, 0.3) is 5.91 Å². The highest BCUT2D eigenvalue weighted by atomic mass is 32.2. The summed E-state index contributed by atoms with van der Waals surface area (Å²) in [5, 5.41) is 3.71. The van der Waals surface area contributed by atoms with Crippen LogP contribution in [-0.2, 0) is 16.1 Å². The van der Waals surface area contributed by atoms with Crippen molar-refractivity contribution in [3.05, 3.63) is 100 Å². The van der Waals surface area contributed by atoms with Crippen molar-refractivity contribution < 1.29 is 14.0 Å². The SMILES string of the molecule is Cc1ccc(N2C(=O)/C(=C\c3cn(CC(=O)Nc4ccc(F)cc4)c4ccccc34)SC2=S)cc1C. The Labute approximate surface area is 217 Å². The summed E-state index contributed by atoms with van der Waals surface area (Å²) in [5.41, 5.74) is 5.20. The number of nitrogens with zero attached hydrogens (tertiary/aromatic N) is 2. The Bertz CT molecular complexity index is 1560. The number of aromatic nitrogens is 1. The van der Waals surface area contributed by atoms with Crippen molar-refractivity contribution in [2.45, 2.75) is 20.4 Å². The molecule has 4 aromatic rings. The maximum absolute atomic E-state index is 13.3. The lowest BCUT2D eigenvalue weighted by Crippen LogP contribution is -2.27. The average Bonchev–Trinajstić information content (AvgIpc) is 3.33. The third kappa shape index (κ3) is 4.69. The van der Waals surface area contributed by atoms with Crippen LogP contribution in [0.4, 0.5) is 15.8 Å². The van der Waals surface area contributed by atoms with E-state index in [1.165, 1.54) is 36.0 Å². The minimum atomic E-state index is -0.364. The molecule has 0 aliphatic carbocycles. The fraction of sp³-hybridized carbons (Fsp3) is 0.107. The van der Waals surface area contributed by atoms with Gasteiger partial charge >= 0.3 is 0 Å². The summed E-state index contributed by atoms with van der Waals surface area (Å²) < 4.78 is 15.5. The fourth-order valence-corrected chi connectivity index (χ4v) is 5.40. The molecule has 8 heteroatoms. The van der Waals surface area contributed by atoms with Crippen LogP contribution in [0.25, 0.3) is 17.0 Å². The average molecular weight is 516 g/mol. The maximum atomic E-state index is 13.3. The quantitative estimate of drug-likeness (QED) is 0.245. The van der Waals surface area contributed by atoms with E-state index in [1.807, 2.05) is 73.2 Å². The molecular weight excluding hydrogens is 493 g/mol. The van der Waals surface area contributed by atoms with Crippen molar-refractivity contribution in [2.24, 2.45) is 0 Å². The molecule has 3 aromatic carbocycles. The zero-order chi connectivity index (χ0) is 25.4. The number of thiocarbonyl (C=S) groups is 1. The summed E-state index contributed by atoms with van der Waals surface area (Å²) in [6, 6.07) is 19.2. The van der Waals surface area contributed by atoms with E-state index in [4.69, 9.17) is 12.2 Å². The Morgan fingerprint density at radius 2 is 1.81 bits per heavy atom. The van der Waals surface area contributed by atoms with E-state index in [0.717, 1.165) is 33.3 Å². The smallest absolute Gasteiger partial charge is 0.270 e. The summed E-state index contributed by atoms with van der Waals surface area (Å²) in [5.74, 6) is -0.772. The molecule has 0 bridgehead atoms. The number of hydrogen-bond donors (Lipinski definition) is 1. The van der Waals surface area contributed by atoms with E-state index < -0.39 is 0 Å². The molecule has 5 nitrogen and oxygen atoms in total. The Hall–Kier alpha value is -3.75. The Balaban J connectivity index is 1.43. The number of hydrogen-bond acceptors (Lipinski definition) is 4. The third-order valence-corrected chi connectivity index (χ3v) is 7.39. The van der Waals surface area contributed by atoms with E-state index in [-0.39, 0.29) is 24.2 Å². The van der Waals surface area contributed by atoms with Gasteiger partial charge in [-0.1, -0.05) is 48.2 Å². The normalized spacial score (nSPS) is 14.8. The first-order chi connectivity index (χ1) is 17.3. The van der Waals surface area contributed by atoms with Crippen LogP contribution in [-0.4, -0.2) is 20.7 Å². The van der Waals surface area contributed by atoms with Gasteiger partial charge in [-0.05, 0) is 73.5 Å². The number of carbonyl (C=O) groups excluding carboxylic acids is 2. The lowest BCUT2D eigenvalue weighted by atomic mass is 10.1. The molecule has 1 aliphatic rings. The minimum Gasteiger partial charge on any atom is -0.337 e. The molecule has 5 rings (SSSR count). The van der Waals surface area contributed by atoms with Crippen LogP contribution in [0.15, 0.2) is 77.8 Å². The van der Waals surface area contributed by atoms with Crippen LogP contribution in [0.2, 0.25) is 0 Å². The first-order valence-electron chi connectivity index (χ1n) is 11.3. The number of anilines is 2. The Morgan fingerprint density at radius 1 is 1.06 bits per heavy atom. The summed E-state index contributed by atoms with van der Waals surface area (Å²) in [6.45, 7) is 4.10. The van der Waals surface area contributed by atoms with Gasteiger partial charge in [0.1, 0.15) is 12.4 Å². The number of nitrogens with one attached hydrogen (secondary N) is 1. The summed E-state index contributed by atoms with van der Waals surface area (Å²) in [4.78, 5) is 28.1. The van der Waals surface area contributed by atoms with Gasteiger partial charge in [-0.15, -0.1) is 0 Å². The minimum absolute atomic E-state index is 0.0648. The summed E-state index contributed by atoms with van der Waals surface area (Å²) >= 11 is 6.81. The van der Waals surface area contributed by atoms with E-state index >= 15 is 0 Å². The molecular formula is C28H22FN3O2S2. The molecule has 180 valence electrons. The van der Waals surface area contributed by atoms with Gasteiger partial charge in [0.05, 0.1) is 10.6 Å². The molecule has 0 spiro atoms. The lowest BCUT2D eigenvalue weighted by molar-refractivity contribution is -0.116. The topological polar surface area (TPSA) is 54.3 Å². The highest BCUT2D eigenvalue weighted by molar-refractivity contribution is 8.27. The van der Waals surface area contributed by atoms with Crippen LogP contribution < -0.4 is 10.2 Å². The van der Waals surface area contributed by atoms with Crippen molar-refractivity contribution in [2.75, 3.05) is 10.2 Å². The number of para-hydroxylation sites is 1. The van der Waals surface area contributed by atoms with Crippen molar-refractivity contribution in [3.63, 3.8) is 0 Å². The van der Waals surface area contributed by atoms with Crippen molar-refractivity contribution in [3.8, 4) is 0 Å². The molecule has 2 amide bonds. The second-order valence-corrected chi connectivity index (χ2v) is 10.2. The number of fused-ring (bicyclic) bond motifs is 1. The van der Waals surface area contributed by atoms with Crippen LogP contribution in [0.1, 0.15) is 16.7 Å². The molecule has 36 heavy (non-hydrogen) atoms. The standard InChI is InChI=1S/C28H22FN3O2S2/c1-17-7-12-22(13-18(17)2)32-27(34)25(36-28(32)35)14-19-15-31(24-6-4-3-5-23(19)24)16-26(33)30-21-10-8-20(29)9-11-21/h3-15H,16H2,1-2H3,(H,30,33)/b25-14+. The van der Waals surface area contributed by atoms with Crippen molar-refractivity contribution in [1.29, 1.82) is 0 Å². The van der Waals surface area contributed by atoms with Crippen molar-refractivity contribution in [1.82, 2.24) is 4.57 Å². The zero-order valence-corrected chi connectivity index (χ0v) is 21.3. The van der Waals surface area contributed by atoms with Gasteiger partial charge in [0.2, 0.25) is 5.91 Å². The van der Waals surface area contributed by atoms with E-state index in [9.17, 15) is 14.0 Å². The highest BCUT2D eigenvalue weighted by Gasteiger charge is 2.33. The van der Waals surface area contributed by atoms with Gasteiger partial charge < -0.3 is 9.88 Å². The Kier molecular flexibility index (Phi) is 6.47. The second kappa shape index (κ2) is 9.72. The zero-order valence-electron chi connectivity index (χ0n) is 19.6. The number of rotatable bonds is 5. The molecule has 1 saturated heterocycles. The molecule has 1 aliphatic heterocycles. The predicted molar refractivity (Wildman–Crippen MR) is 149 cm³/mol. The Morgan fingerprint density at radius 3 is 2.56 bits per heavy atom. The number of amides is 2. The monoisotopic (exact) mass is 515 g/mol. The van der Waals surface area contributed by atoms with E-state index in [2.05, 4.69) is 5.32 Å². The molecule has 1 aromatic heterocycles. The van der Waals surface area contributed by atoms with E-state index in [1.54, 1.807) is 4.90 Å². The van der Waals surface area contributed by atoms with Crippen LogP contribution in [0.5, 0.6) is 0 Å². The summed E-state index contributed by atoms with van der Waals surface area (Å²) in [6.07, 6.45) is 3.69. The number of carbonyl (C=O) groups is 2. The number of thioether (sulfide) groups is 1. The van der Waals surface area contributed by atoms with Crippen LogP contribution in [0.3, 0.4) is 0 Å². The van der Waals surface area contributed by atoms with Gasteiger partial charge in [0, 0.05) is 28.4 Å². The van der Waals surface area contributed by atoms with Gasteiger partial charge in [-0.25, -0.2) is 4.39 Å². The van der Waals surface area contributed by atoms with Crippen LogP contribution >= 0.6 is 24.0 Å². The largest absolute Gasteiger partial charge is 0.337 e. The molecule has 2 heterocycles. The van der Waals surface area contributed by atoms with Gasteiger partial charge in [-0.3, -0.25) is 14.5 Å². The van der Waals surface area contributed by atoms with Crippen LogP contribution in [0, 0.1) is 19.7 Å². The first kappa shape index (κ1) is 24.0. The number of aryl methyl sites for hydroxylation is 2. The summed E-state index contributed by atoms with van der Waals surface area (Å²) in [7, 11) is 0. The van der Waals surface area contributed by atoms with Gasteiger partial charge in [0.15, 0.2) is 4.32 Å². The molecule has 1 N–H and O–H groups in total. The molecule has 1 fully saturated rings. The number of benzene rings is 3. The number of halogens is 1. The van der Waals surface area contributed by atoms with Crippen molar-refractivity contribution >= 4 is 68.5 Å². The fourth-order valence-electron chi connectivity index (χ4n) is 4.11. The molecule has 0 saturated carbocycles. The molecule has 0 atom stereocenters. The maximum Gasteiger partial charge on any atom is 0.270 e. The van der Waals surface area contributed by atoms with Gasteiger partial charge in [-0.2, -0.15) is 0 Å². The lowest BCUT2D eigenvalue weighted by Gasteiger charge is -2.15. The first-order valence-corrected chi connectivity index (χ1v) is 12.5. The van der Waals surface area contributed by atoms with E-state index in [0.29, 0.717) is 14.9 Å².